The molecule has 0 saturated heterocycles. The van der Waals surface area contributed by atoms with Crippen LogP contribution in [0.4, 0.5) is 0 Å². The number of allylic oxidation sites excluding steroid dienone is 1. The van der Waals surface area contributed by atoms with Gasteiger partial charge in [-0.15, -0.1) is 0 Å². The van der Waals surface area contributed by atoms with E-state index in [2.05, 4.69) is 10.3 Å². The van der Waals surface area contributed by atoms with E-state index >= 15 is 0 Å². The van der Waals surface area contributed by atoms with Gasteiger partial charge in [-0.25, -0.2) is 4.79 Å². The number of nitrogens with zero attached hydrogens (tertiary/aromatic N) is 1. The zero-order valence-electron chi connectivity index (χ0n) is 9.77. The van der Waals surface area contributed by atoms with Crippen molar-refractivity contribution in [2.24, 2.45) is 0 Å². The molecule has 1 aromatic rings. The van der Waals surface area contributed by atoms with Gasteiger partial charge in [0, 0.05) is 29.7 Å². The van der Waals surface area contributed by atoms with E-state index in [-0.39, 0.29) is 5.91 Å². The van der Waals surface area contributed by atoms with Gasteiger partial charge in [-0.3, -0.25) is 9.78 Å². The molecule has 1 rings (SSSR count). The lowest BCUT2D eigenvalue weighted by Crippen LogP contribution is -2.22. The molecule has 1 amide bonds. The number of esters is 1. The summed E-state index contributed by atoms with van der Waals surface area (Å²) in [7, 11) is 0. The van der Waals surface area contributed by atoms with Crippen LogP contribution < -0.4 is 5.32 Å². The molecular formula is C12H14N2O3. The van der Waals surface area contributed by atoms with Crippen molar-refractivity contribution in [3.05, 3.63) is 41.9 Å². The first-order valence-electron chi connectivity index (χ1n) is 5.20. The predicted molar refractivity (Wildman–Crippen MR) is 62.1 cm³/mol. The second kappa shape index (κ2) is 6.42. The average Bonchev–Trinajstić information content (AvgIpc) is 2.30. The molecule has 0 fully saturated rings. The second-order valence-electron chi connectivity index (χ2n) is 3.27. The largest absolute Gasteiger partial charge is 0.463 e. The minimum Gasteiger partial charge on any atom is -0.463 e. The molecule has 0 aliphatic rings. The number of carbonyl (C=O) groups is 2. The van der Waals surface area contributed by atoms with E-state index in [1.54, 1.807) is 26.0 Å². The molecule has 0 aliphatic heterocycles. The van der Waals surface area contributed by atoms with Gasteiger partial charge in [-0.2, -0.15) is 0 Å². The molecular weight excluding hydrogens is 220 g/mol. The Hall–Kier alpha value is -2.17. The maximum Gasteiger partial charge on any atom is 0.332 e. The monoisotopic (exact) mass is 234 g/mol. The molecule has 17 heavy (non-hydrogen) atoms. The summed E-state index contributed by atoms with van der Waals surface area (Å²) in [6.07, 6.45) is 4.29. The molecule has 0 spiro atoms. The van der Waals surface area contributed by atoms with E-state index in [0.29, 0.717) is 17.9 Å². The van der Waals surface area contributed by atoms with Gasteiger partial charge < -0.3 is 10.1 Å². The molecule has 1 N–H and O–H groups in total. The summed E-state index contributed by atoms with van der Waals surface area (Å²) in [5.74, 6) is -0.759. The first-order chi connectivity index (χ1) is 8.13. The fourth-order valence-corrected chi connectivity index (χ4v) is 1.15. The summed E-state index contributed by atoms with van der Waals surface area (Å²) < 4.78 is 4.72. The highest BCUT2D eigenvalue weighted by Crippen LogP contribution is 1.98. The van der Waals surface area contributed by atoms with E-state index in [0.717, 1.165) is 0 Å². The van der Waals surface area contributed by atoms with Crippen molar-refractivity contribution in [1.29, 1.82) is 0 Å². The first-order valence-corrected chi connectivity index (χ1v) is 5.20. The average molecular weight is 234 g/mol. The number of carbonyl (C=O) groups excluding carboxylic acids is 2. The van der Waals surface area contributed by atoms with Crippen molar-refractivity contribution in [3.63, 3.8) is 0 Å². The number of aromatic nitrogens is 1. The lowest BCUT2D eigenvalue weighted by Gasteiger charge is -2.04. The Labute approximate surface area is 99.5 Å². The number of pyridine rings is 1. The zero-order valence-corrected chi connectivity index (χ0v) is 9.77. The molecule has 90 valence electrons. The zero-order chi connectivity index (χ0) is 12.7. The van der Waals surface area contributed by atoms with E-state index in [1.807, 2.05) is 0 Å². The lowest BCUT2D eigenvalue weighted by molar-refractivity contribution is -0.137. The maximum absolute atomic E-state index is 11.7. The van der Waals surface area contributed by atoms with Gasteiger partial charge in [-0.1, -0.05) is 0 Å². The van der Waals surface area contributed by atoms with E-state index in [9.17, 15) is 9.59 Å². The van der Waals surface area contributed by atoms with Gasteiger partial charge in [0.25, 0.3) is 5.91 Å². The van der Waals surface area contributed by atoms with Crippen molar-refractivity contribution in [1.82, 2.24) is 10.3 Å². The highest BCUT2D eigenvalue weighted by Gasteiger charge is 2.05. The van der Waals surface area contributed by atoms with Crippen molar-refractivity contribution in [3.8, 4) is 0 Å². The quantitative estimate of drug-likeness (QED) is 0.629. The smallest absolute Gasteiger partial charge is 0.332 e. The van der Waals surface area contributed by atoms with Crippen LogP contribution in [-0.2, 0) is 9.53 Å². The third-order valence-corrected chi connectivity index (χ3v) is 1.87. The highest BCUT2D eigenvalue weighted by atomic mass is 16.5. The molecule has 0 bridgehead atoms. The fraction of sp³-hybridized carbons (Fsp3) is 0.250. The van der Waals surface area contributed by atoms with Gasteiger partial charge >= 0.3 is 5.97 Å². The van der Waals surface area contributed by atoms with Crippen LogP contribution in [0.5, 0.6) is 0 Å². The highest BCUT2D eigenvalue weighted by molar-refractivity contribution is 5.95. The van der Waals surface area contributed by atoms with E-state index < -0.39 is 5.97 Å². The minimum absolute atomic E-state index is 0.287. The predicted octanol–water partition coefficient (Wildman–Crippen LogP) is 1.28. The topological polar surface area (TPSA) is 68.3 Å². The maximum atomic E-state index is 11.7. The lowest BCUT2D eigenvalue weighted by atomic mass is 10.2. The van der Waals surface area contributed by atoms with Crippen LogP contribution >= 0.6 is 0 Å². The Morgan fingerprint density at radius 3 is 2.65 bits per heavy atom. The molecule has 1 aromatic heterocycles. The third kappa shape index (κ3) is 4.46. The summed E-state index contributed by atoms with van der Waals surface area (Å²) in [4.78, 5) is 26.6. The Balaban J connectivity index is 2.60. The van der Waals surface area contributed by atoms with Gasteiger partial charge in [0.2, 0.25) is 0 Å². The number of amides is 1. The molecule has 0 aromatic carbocycles. The van der Waals surface area contributed by atoms with Crippen molar-refractivity contribution < 1.29 is 14.3 Å². The molecule has 0 radical (unpaired) electrons. The van der Waals surface area contributed by atoms with Crippen LogP contribution in [0, 0.1) is 0 Å². The number of hydrogen-bond acceptors (Lipinski definition) is 4. The first kappa shape index (κ1) is 12.9. The molecule has 5 nitrogen and oxygen atoms in total. The summed E-state index contributed by atoms with van der Waals surface area (Å²) in [6.45, 7) is 3.65. The van der Waals surface area contributed by atoms with Gasteiger partial charge in [0.15, 0.2) is 0 Å². The van der Waals surface area contributed by atoms with E-state index in [4.69, 9.17) is 4.74 Å². The van der Waals surface area contributed by atoms with Crippen molar-refractivity contribution in [2.45, 2.75) is 13.8 Å². The van der Waals surface area contributed by atoms with Crippen LogP contribution in [-0.4, -0.2) is 23.5 Å². The van der Waals surface area contributed by atoms with Gasteiger partial charge in [0.05, 0.1) is 6.61 Å². The third-order valence-electron chi connectivity index (χ3n) is 1.87. The summed E-state index contributed by atoms with van der Waals surface area (Å²) in [5.41, 5.74) is 0.918. The van der Waals surface area contributed by atoms with Gasteiger partial charge in [0.1, 0.15) is 0 Å². The Morgan fingerprint density at radius 2 is 2.06 bits per heavy atom. The number of hydrogen-bond donors (Lipinski definition) is 1. The summed E-state index contributed by atoms with van der Waals surface area (Å²) in [6, 6.07) is 3.18. The van der Waals surface area contributed by atoms with Crippen LogP contribution in [0.15, 0.2) is 36.3 Å². The Kier molecular flexibility index (Phi) is 4.87. The van der Waals surface area contributed by atoms with Crippen LogP contribution in [0.3, 0.4) is 0 Å². The summed E-state index contributed by atoms with van der Waals surface area (Å²) in [5, 5.41) is 2.58. The second-order valence-corrected chi connectivity index (χ2v) is 3.27. The van der Waals surface area contributed by atoms with Crippen LogP contribution in [0.2, 0.25) is 0 Å². The molecule has 1 heterocycles. The van der Waals surface area contributed by atoms with Crippen LogP contribution in [0.1, 0.15) is 24.2 Å². The molecule has 0 atom stereocenters. The molecule has 0 aliphatic carbocycles. The van der Waals surface area contributed by atoms with E-state index in [1.165, 1.54) is 18.5 Å². The normalized spacial score (nSPS) is 10.8. The fourth-order valence-electron chi connectivity index (χ4n) is 1.15. The minimum atomic E-state index is -0.472. The van der Waals surface area contributed by atoms with Crippen molar-refractivity contribution >= 4 is 11.9 Å². The number of nitrogens with one attached hydrogen (secondary N) is 1. The molecule has 5 heteroatoms. The standard InChI is InChI=1S/C12H14N2O3/c1-3-17-11(15)8-9(2)14-12(16)10-4-6-13-7-5-10/h4-8H,3H2,1-2H3,(H,14,16). The van der Waals surface area contributed by atoms with Crippen LogP contribution in [0.25, 0.3) is 0 Å². The number of rotatable bonds is 4. The SMILES string of the molecule is CCOC(=O)C=C(C)NC(=O)c1ccncc1. The molecule has 0 saturated carbocycles. The molecule has 0 unspecified atom stereocenters. The Bertz CT molecular complexity index is 427. The number of ether oxygens (including phenoxy) is 1. The summed E-state index contributed by atoms with van der Waals surface area (Å²) >= 11 is 0. The Morgan fingerprint density at radius 1 is 1.41 bits per heavy atom. The van der Waals surface area contributed by atoms with Crippen molar-refractivity contribution in [2.75, 3.05) is 6.61 Å². The van der Waals surface area contributed by atoms with Gasteiger partial charge in [-0.05, 0) is 26.0 Å².